The molecule has 0 aliphatic rings. The SMILES string of the molecule is CS(C)(C)CCOCn1cc(C=O)nc1Br. The maximum absolute atomic E-state index is 10.5. The number of nitrogens with zero attached hydrogens (tertiary/aromatic N) is 2. The molecule has 92 valence electrons. The Labute approximate surface area is 106 Å². The van der Waals surface area contributed by atoms with Crippen molar-refractivity contribution in [2.45, 2.75) is 6.73 Å². The second-order valence-electron chi connectivity index (χ2n) is 4.35. The Bertz CT molecular complexity index is 360. The molecule has 6 heteroatoms. The predicted molar refractivity (Wildman–Crippen MR) is 71.5 cm³/mol. The van der Waals surface area contributed by atoms with E-state index < -0.39 is 10.0 Å². The van der Waals surface area contributed by atoms with Gasteiger partial charge in [-0.1, -0.05) is 0 Å². The normalized spacial score (nSPS) is 12.8. The largest absolute Gasteiger partial charge is 0.360 e. The molecule has 0 spiro atoms. The fraction of sp³-hybridized carbons (Fsp3) is 0.600. The maximum Gasteiger partial charge on any atom is 0.179 e. The van der Waals surface area contributed by atoms with Gasteiger partial charge in [0, 0.05) is 11.9 Å². The van der Waals surface area contributed by atoms with Crippen LogP contribution >= 0.6 is 26.0 Å². The summed E-state index contributed by atoms with van der Waals surface area (Å²) in [6, 6.07) is 0. The van der Waals surface area contributed by atoms with Crippen molar-refractivity contribution in [1.29, 1.82) is 0 Å². The average Bonchev–Trinajstić information content (AvgIpc) is 2.53. The van der Waals surface area contributed by atoms with Crippen molar-refractivity contribution in [2.75, 3.05) is 31.1 Å². The van der Waals surface area contributed by atoms with Gasteiger partial charge in [0.25, 0.3) is 0 Å². The molecule has 0 saturated carbocycles. The van der Waals surface area contributed by atoms with E-state index in [1.165, 1.54) is 0 Å². The van der Waals surface area contributed by atoms with Crippen molar-refractivity contribution in [3.8, 4) is 0 Å². The molecule has 0 amide bonds. The van der Waals surface area contributed by atoms with Crippen LogP contribution in [-0.2, 0) is 11.5 Å². The van der Waals surface area contributed by atoms with Crippen LogP contribution in [0.1, 0.15) is 10.5 Å². The fourth-order valence-electron chi connectivity index (χ4n) is 1.03. The molecule has 0 saturated heterocycles. The van der Waals surface area contributed by atoms with Crippen molar-refractivity contribution in [2.24, 2.45) is 0 Å². The van der Waals surface area contributed by atoms with E-state index in [1.807, 2.05) is 0 Å². The molecule has 0 unspecified atom stereocenters. The molecule has 1 rings (SSSR count). The van der Waals surface area contributed by atoms with Gasteiger partial charge in [-0.05, 0) is 34.7 Å². The van der Waals surface area contributed by atoms with Crippen molar-refractivity contribution in [1.82, 2.24) is 9.55 Å². The van der Waals surface area contributed by atoms with Crippen LogP contribution in [-0.4, -0.2) is 47.0 Å². The van der Waals surface area contributed by atoms with Crippen LogP contribution in [0.25, 0.3) is 0 Å². The Hall–Kier alpha value is -0.330. The number of carbonyl (C=O) groups is 1. The Morgan fingerprint density at radius 2 is 2.25 bits per heavy atom. The molecule has 0 fully saturated rings. The highest BCUT2D eigenvalue weighted by Crippen LogP contribution is 2.33. The Balaban J connectivity index is 2.37. The lowest BCUT2D eigenvalue weighted by Gasteiger charge is -2.24. The van der Waals surface area contributed by atoms with Crippen LogP contribution in [0.15, 0.2) is 10.9 Å². The third kappa shape index (κ3) is 4.67. The molecule has 0 aromatic carbocycles. The van der Waals surface area contributed by atoms with Crippen molar-refractivity contribution >= 4 is 32.2 Å². The summed E-state index contributed by atoms with van der Waals surface area (Å²) < 4.78 is 7.92. The first kappa shape index (κ1) is 13.7. The molecule has 1 aromatic heterocycles. The van der Waals surface area contributed by atoms with E-state index >= 15 is 0 Å². The van der Waals surface area contributed by atoms with E-state index in [1.54, 1.807) is 10.8 Å². The van der Waals surface area contributed by atoms with Gasteiger partial charge in [0.15, 0.2) is 11.0 Å². The first-order valence-electron chi connectivity index (χ1n) is 4.84. The van der Waals surface area contributed by atoms with Crippen LogP contribution in [0.2, 0.25) is 0 Å². The Morgan fingerprint density at radius 1 is 1.56 bits per heavy atom. The summed E-state index contributed by atoms with van der Waals surface area (Å²) in [7, 11) is -0.506. The monoisotopic (exact) mass is 308 g/mol. The van der Waals surface area contributed by atoms with Gasteiger partial charge >= 0.3 is 0 Å². The van der Waals surface area contributed by atoms with Crippen molar-refractivity contribution in [3.63, 3.8) is 0 Å². The lowest BCUT2D eigenvalue weighted by molar-refractivity contribution is 0.0880. The molecule has 0 bridgehead atoms. The van der Waals surface area contributed by atoms with Crippen LogP contribution in [0.5, 0.6) is 0 Å². The lowest BCUT2D eigenvalue weighted by atomic mass is 10.5. The molecular weight excluding hydrogens is 292 g/mol. The molecule has 1 heterocycles. The van der Waals surface area contributed by atoms with Gasteiger partial charge in [0.2, 0.25) is 0 Å². The summed E-state index contributed by atoms with van der Waals surface area (Å²) in [5.74, 6) is 1.08. The van der Waals surface area contributed by atoms with Gasteiger partial charge < -0.3 is 9.30 Å². The number of imidazole rings is 1. The minimum absolute atomic E-state index is 0.414. The Morgan fingerprint density at radius 3 is 2.75 bits per heavy atom. The van der Waals surface area contributed by atoms with Crippen LogP contribution in [0.3, 0.4) is 0 Å². The summed E-state index contributed by atoms with van der Waals surface area (Å²) in [5.41, 5.74) is 0.414. The molecular formula is C10H17BrN2O2S. The molecule has 0 radical (unpaired) electrons. The van der Waals surface area contributed by atoms with E-state index in [-0.39, 0.29) is 0 Å². The molecule has 0 atom stereocenters. The average molecular weight is 309 g/mol. The second-order valence-corrected chi connectivity index (χ2v) is 9.65. The third-order valence-corrected chi connectivity index (χ3v) is 3.96. The van der Waals surface area contributed by atoms with E-state index in [4.69, 9.17) is 4.74 Å². The quantitative estimate of drug-likeness (QED) is 0.597. The minimum Gasteiger partial charge on any atom is -0.360 e. The molecule has 0 aliphatic heterocycles. The topological polar surface area (TPSA) is 44.1 Å². The van der Waals surface area contributed by atoms with Gasteiger partial charge in [-0.25, -0.2) is 15.0 Å². The number of aromatic nitrogens is 2. The predicted octanol–water partition coefficient (Wildman–Crippen LogP) is 2.13. The highest BCUT2D eigenvalue weighted by atomic mass is 79.9. The number of ether oxygens (including phenoxy) is 1. The number of halogens is 1. The molecule has 4 nitrogen and oxygen atoms in total. The van der Waals surface area contributed by atoms with Gasteiger partial charge in [-0.2, -0.15) is 0 Å². The molecule has 16 heavy (non-hydrogen) atoms. The van der Waals surface area contributed by atoms with Gasteiger partial charge in [-0.15, -0.1) is 0 Å². The van der Waals surface area contributed by atoms with E-state index in [0.29, 0.717) is 17.2 Å². The summed E-state index contributed by atoms with van der Waals surface area (Å²) >= 11 is 3.27. The van der Waals surface area contributed by atoms with Gasteiger partial charge in [0.1, 0.15) is 12.4 Å². The minimum atomic E-state index is -0.506. The van der Waals surface area contributed by atoms with Crippen molar-refractivity contribution < 1.29 is 9.53 Å². The number of hydrogen-bond acceptors (Lipinski definition) is 3. The lowest BCUT2D eigenvalue weighted by Crippen LogP contribution is -2.09. The van der Waals surface area contributed by atoms with Crippen LogP contribution in [0.4, 0.5) is 0 Å². The van der Waals surface area contributed by atoms with E-state index in [2.05, 4.69) is 39.7 Å². The van der Waals surface area contributed by atoms with Crippen molar-refractivity contribution in [3.05, 3.63) is 16.6 Å². The number of aldehydes is 1. The highest BCUT2D eigenvalue weighted by molar-refractivity contribution is 9.10. The number of carbonyl (C=O) groups excluding carboxylic acids is 1. The number of rotatable bonds is 6. The third-order valence-electron chi connectivity index (χ3n) is 1.94. The second kappa shape index (κ2) is 5.84. The summed E-state index contributed by atoms with van der Waals surface area (Å²) in [4.78, 5) is 14.5. The zero-order chi connectivity index (χ0) is 12.2. The first-order chi connectivity index (χ1) is 7.42. The van der Waals surface area contributed by atoms with Gasteiger partial charge in [-0.3, -0.25) is 4.79 Å². The first-order valence-corrected chi connectivity index (χ1v) is 8.66. The molecule has 0 aliphatic carbocycles. The fourth-order valence-corrected chi connectivity index (χ4v) is 2.06. The zero-order valence-corrected chi connectivity index (χ0v) is 12.2. The van der Waals surface area contributed by atoms with E-state index in [9.17, 15) is 4.79 Å². The zero-order valence-electron chi connectivity index (χ0n) is 9.77. The maximum atomic E-state index is 10.5. The van der Waals surface area contributed by atoms with Gasteiger partial charge in [0.05, 0.1) is 6.61 Å². The van der Waals surface area contributed by atoms with Crippen LogP contribution in [0, 0.1) is 0 Å². The van der Waals surface area contributed by atoms with Crippen LogP contribution < -0.4 is 0 Å². The smallest absolute Gasteiger partial charge is 0.179 e. The standard InChI is InChI=1S/C10H17BrN2O2S/c1-16(2,3)5-4-15-8-13-6-9(7-14)12-10(13)11/h6-7H,4-5,8H2,1-3H3. The Kier molecular flexibility index (Phi) is 5.01. The number of hydrogen-bond donors (Lipinski definition) is 0. The summed E-state index contributed by atoms with van der Waals surface area (Å²) in [6.45, 7) is 1.16. The summed E-state index contributed by atoms with van der Waals surface area (Å²) in [5, 5.41) is 0. The molecule has 0 N–H and O–H groups in total. The van der Waals surface area contributed by atoms with E-state index in [0.717, 1.165) is 18.6 Å². The summed E-state index contributed by atoms with van der Waals surface area (Å²) in [6.07, 6.45) is 9.16. The highest BCUT2D eigenvalue weighted by Gasteiger charge is 2.06. The molecule has 1 aromatic rings.